The minimum atomic E-state index is -0.165. The van der Waals surface area contributed by atoms with Gasteiger partial charge in [-0.15, -0.1) is 0 Å². The Balaban J connectivity index is 1.62. The van der Waals surface area contributed by atoms with Crippen LogP contribution < -0.4 is 21.5 Å². The average Bonchev–Trinajstić information content (AvgIpc) is 2.56. The fourth-order valence-corrected chi connectivity index (χ4v) is 2.56. The Kier molecular flexibility index (Phi) is 4.60. The van der Waals surface area contributed by atoms with Gasteiger partial charge < -0.3 is 21.5 Å². The lowest BCUT2D eigenvalue weighted by atomic mass is 10.1. The van der Waals surface area contributed by atoms with Gasteiger partial charge in [-0.2, -0.15) is 0 Å². The van der Waals surface area contributed by atoms with E-state index >= 15 is 0 Å². The van der Waals surface area contributed by atoms with Gasteiger partial charge in [0.2, 0.25) is 0 Å². The second kappa shape index (κ2) is 6.81. The maximum Gasteiger partial charge on any atom is 0.153 e. The number of benzene rings is 2. The second-order valence-corrected chi connectivity index (χ2v) is 5.73. The van der Waals surface area contributed by atoms with Gasteiger partial charge in [-0.25, -0.2) is 4.99 Å². The van der Waals surface area contributed by atoms with Crippen molar-refractivity contribution in [2.24, 2.45) is 16.5 Å². The molecule has 0 fully saturated rings. The van der Waals surface area contributed by atoms with E-state index in [1.807, 2.05) is 37.3 Å². The molecule has 1 atom stereocenters. The molecule has 5 heteroatoms. The third-order valence-electron chi connectivity index (χ3n) is 3.88. The molecule has 5 nitrogen and oxygen atoms in total. The topological polar surface area (TPSA) is 85.7 Å². The first-order chi connectivity index (χ1) is 11.2. The summed E-state index contributed by atoms with van der Waals surface area (Å²) in [5.41, 5.74) is 15.8. The number of rotatable bonds is 5. The van der Waals surface area contributed by atoms with Crippen molar-refractivity contribution in [1.29, 1.82) is 0 Å². The van der Waals surface area contributed by atoms with Gasteiger partial charge in [0.05, 0.1) is 0 Å². The summed E-state index contributed by atoms with van der Waals surface area (Å²) in [6, 6.07) is 14.3. The van der Waals surface area contributed by atoms with Crippen LogP contribution in [0.1, 0.15) is 23.6 Å². The SMILES string of the molecule is CC1Oc2ccc(CNCc3cccc(CN)c3)cc2N=C1N. The molecule has 0 amide bonds. The predicted molar refractivity (Wildman–Crippen MR) is 92.7 cm³/mol. The molecular weight excluding hydrogens is 288 g/mol. The summed E-state index contributed by atoms with van der Waals surface area (Å²) in [6.07, 6.45) is -0.165. The maximum absolute atomic E-state index is 5.85. The summed E-state index contributed by atoms with van der Waals surface area (Å²) in [7, 11) is 0. The third-order valence-corrected chi connectivity index (χ3v) is 3.88. The van der Waals surface area contributed by atoms with E-state index < -0.39 is 0 Å². The van der Waals surface area contributed by atoms with E-state index in [0.717, 1.165) is 35.7 Å². The van der Waals surface area contributed by atoms with Crippen molar-refractivity contribution < 1.29 is 4.74 Å². The maximum atomic E-state index is 5.85. The van der Waals surface area contributed by atoms with Gasteiger partial charge in [0.25, 0.3) is 0 Å². The van der Waals surface area contributed by atoms with Gasteiger partial charge in [-0.1, -0.05) is 30.3 Å². The summed E-state index contributed by atoms with van der Waals surface area (Å²) < 4.78 is 5.71. The number of nitrogens with one attached hydrogen (secondary N) is 1. The molecule has 1 aliphatic rings. The highest BCUT2D eigenvalue weighted by atomic mass is 16.5. The van der Waals surface area contributed by atoms with Gasteiger partial charge >= 0.3 is 0 Å². The highest BCUT2D eigenvalue weighted by Crippen LogP contribution is 2.32. The molecule has 0 radical (unpaired) electrons. The molecule has 1 aliphatic heterocycles. The fraction of sp³-hybridized carbons (Fsp3) is 0.278. The van der Waals surface area contributed by atoms with Crippen molar-refractivity contribution >= 4 is 11.5 Å². The average molecular weight is 310 g/mol. The number of hydrogen-bond acceptors (Lipinski definition) is 5. The molecule has 2 aromatic rings. The Morgan fingerprint density at radius 2 is 1.83 bits per heavy atom. The highest BCUT2D eigenvalue weighted by molar-refractivity contribution is 5.89. The molecule has 23 heavy (non-hydrogen) atoms. The van der Waals surface area contributed by atoms with Crippen LogP contribution in [0.3, 0.4) is 0 Å². The molecule has 5 N–H and O–H groups in total. The van der Waals surface area contributed by atoms with Crippen molar-refractivity contribution in [3.8, 4) is 5.75 Å². The molecule has 0 saturated carbocycles. The Bertz CT molecular complexity index is 727. The summed E-state index contributed by atoms with van der Waals surface area (Å²) in [4.78, 5) is 4.40. The molecule has 1 heterocycles. The molecule has 0 saturated heterocycles. The van der Waals surface area contributed by atoms with Crippen molar-refractivity contribution in [1.82, 2.24) is 5.32 Å². The standard InChI is InChI=1S/C18H22N4O/c1-12-18(20)22-16-8-15(5-6-17(16)23-12)11-21-10-14-4-2-3-13(7-14)9-19/h2-8,12,21H,9-11,19H2,1H3,(H2,20,22). The van der Waals surface area contributed by atoms with E-state index in [4.69, 9.17) is 16.2 Å². The van der Waals surface area contributed by atoms with E-state index in [0.29, 0.717) is 12.4 Å². The molecular formula is C18H22N4O. The molecule has 0 aliphatic carbocycles. The zero-order chi connectivity index (χ0) is 16.2. The molecule has 0 spiro atoms. The lowest BCUT2D eigenvalue weighted by Crippen LogP contribution is -2.33. The molecule has 3 rings (SSSR count). The van der Waals surface area contributed by atoms with E-state index in [-0.39, 0.29) is 6.10 Å². The smallest absolute Gasteiger partial charge is 0.153 e. The monoisotopic (exact) mass is 310 g/mol. The Morgan fingerprint density at radius 3 is 2.61 bits per heavy atom. The molecule has 2 aromatic carbocycles. The van der Waals surface area contributed by atoms with Gasteiger partial charge in [0.15, 0.2) is 6.10 Å². The Labute approximate surface area is 136 Å². The van der Waals surface area contributed by atoms with Crippen LogP contribution >= 0.6 is 0 Å². The molecule has 120 valence electrons. The molecule has 0 bridgehead atoms. The first-order valence-electron chi connectivity index (χ1n) is 7.78. The zero-order valence-electron chi connectivity index (χ0n) is 13.3. The second-order valence-electron chi connectivity index (χ2n) is 5.73. The van der Waals surface area contributed by atoms with Crippen molar-refractivity contribution in [2.75, 3.05) is 0 Å². The van der Waals surface area contributed by atoms with Crippen LogP contribution in [0.15, 0.2) is 47.5 Å². The Hall–Kier alpha value is -2.37. The van der Waals surface area contributed by atoms with Crippen LogP contribution in [0.2, 0.25) is 0 Å². The van der Waals surface area contributed by atoms with Crippen molar-refractivity contribution in [2.45, 2.75) is 32.7 Å². The van der Waals surface area contributed by atoms with Crippen LogP contribution in [0, 0.1) is 0 Å². The summed E-state index contributed by atoms with van der Waals surface area (Å²) in [6.45, 7) is 4.01. The van der Waals surface area contributed by atoms with Crippen molar-refractivity contribution in [3.05, 3.63) is 59.2 Å². The molecule has 0 aromatic heterocycles. The van der Waals surface area contributed by atoms with Crippen LogP contribution in [0.25, 0.3) is 0 Å². The minimum Gasteiger partial charge on any atom is -0.481 e. The number of nitrogens with zero attached hydrogens (tertiary/aromatic N) is 1. The summed E-state index contributed by atoms with van der Waals surface area (Å²) in [5, 5.41) is 3.43. The first kappa shape index (κ1) is 15.5. The summed E-state index contributed by atoms with van der Waals surface area (Å²) >= 11 is 0. The predicted octanol–water partition coefficient (Wildman–Crippen LogP) is 2.20. The minimum absolute atomic E-state index is 0.165. The van der Waals surface area contributed by atoms with Crippen LogP contribution in [0.5, 0.6) is 5.75 Å². The third kappa shape index (κ3) is 3.70. The number of ether oxygens (including phenoxy) is 1. The van der Waals surface area contributed by atoms with Gasteiger partial charge in [0, 0.05) is 19.6 Å². The normalized spacial score (nSPS) is 16.4. The van der Waals surface area contributed by atoms with E-state index in [1.165, 1.54) is 5.56 Å². The fourth-order valence-electron chi connectivity index (χ4n) is 2.56. The largest absolute Gasteiger partial charge is 0.481 e. The lowest BCUT2D eigenvalue weighted by molar-refractivity contribution is 0.281. The van der Waals surface area contributed by atoms with Crippen LogP contribution in [0.4, 0.5) is 5.69 Å². The van der Waals surface area contributed by atoms with Gasteiger partial charge in [-0.05, 0) is 35.7 Å². The summed E-state index contributed by atoms with van der Waals surface area (Å²) in [5.74, 6) is 1.30. The van der Waals surface area contributed by atoms with Crippen LogP contribution in [-0.2, 0) is 19.6 Å². The quantitative estimate of drug-likeness (QED) is 0.790. The molecule has 1 unspecified atom stereocenters. The highest BCUT2D eigenvalue weighted by Gasteiger charge is 2.18. The number of fused-ring (bicyclic) bond motifs is 1. The zero-order valence-corrected chi connectivity index (χ0v) is 13.3. The number of nitrogens with two attached hydrogens (primary N) is 2. The van der Waals surface area contributed by atoms with E-state index in [2.05, 4.69) is 22.4 Å². The number of hydrogen-bond donors (Lipinski definition) is 3. The number of aliphatic imine (C=N–C) groups is 1. The number of amidine groups is 1. The van der Waals surface area contributed by atoms with Gasteiger partial charge in [-0.3, -0.25) is 0 Å². The van der Waals surface area contributed by atoms with E-state index in [1.54, 1.807) is 0 Å². The van der Waals surface area contributed by atoms with Gasteiger partial charge in [0.1, 0.15) is 17.3 Å². The first-order valence-corrected chi connectivity index (χ1v) is 7.78. The van der Waals surface area contributed by atoms with Crippen molar-refractivity contribution in [3.63, 3.8) is 0 Å². The van der Waals surface area contributed by atoms with Crippen LogP contribution in [-0.4, -0.2) is 11.9 Å². The lowest BCUT2D eigenvalue weighted by Gasteiger charge is -2.21. The Morgan fingerprint density at radius 1 is 1.09 bits per heavy atom. The van der Waals surface area contributed by atoms with E-state index in [9.17, 15) is 0 Å².